The number of ether oxygens (including phenoxy) is 1. The van der Waals surface area contributed by atoms with Gasteiger partial charge in [0, 0.05) is 13.0 Å². The van der Waals surface area contributed by atoms with Crippen molar-refractivity contribution in [2.45, 2.75) is 31.8 Å². The van der Waals surface area contributed by atoms with Crippen LogP contribution in [0.5, 0.6) is 5.75 Å². The third kappa shape index (κ3) is 3.14. The van der Waals surface area contributed by atoms with Gasteiger partial charge in [-0.05, 0) is 49.1 Å². The van der Waals surface area contributed by atoms with Gasteiger partial charge in [0.15, 0.2) is 0 Å². The van der Waals surface area contributed by atoms with Crippen LogP contribution < -0.4 is 4.74 Å². The maximum atomic E-state index is 12.4. The van der Waals surface area contributed by atoms with E-state index < -0.39 is 0 Å². The molecule has 1 aliphatic rings. The number of fused-ring (bicyclic) bond motifs is 1. The Labute approximate surface area is 152 Å². The van der Waals surface area contributed by atoms with Crippen LogP contribution in [0, 0.1) is 0 Å². The normalized spacial score (nSPS) is 17.2. The standard InChI is InChI=1S/C20H22N4O2/c1-26-16-10-8-15(9-11-16)5-4-14-23-19(12-13-20(23)25)24-18-7-3-2-6-17(18)21-22-24/h2-3,6-11,19H,4-5,12-14H2,1H3. The van der Waals surface area contributed by atoms with Gasteiger partial charge < -0.3 is 9.64 Å². The van der Waals surface area contributed by atoms with Crippen molar-refractivity contribution >= 4 is 16.9 Å². The molecule has 6 heteroatoms. The number of benzene rings is 2. The molecule has 0 radical (unpaired) electrons. The summed E-state index contributed by atoms with van der Waals surface area (Å²) in [5.74, 6) is 1.06. The third-order valence-corrected chi connectivity index (χ3v) is 4.98. The van der Waals surface area contributed by atoms with Gasteiger partial charge in [-0.2, -0.15) is 0 Å². The Morgan fingerprint density at radius 1 is 1.15 bits per heavy atom. The molecule has 26 heavy (non-hydrogen) atoms. The van der Waals surface area contributed by atoms with Crippen molar-refractivity contribution < 1.29 is 9.53 Å². The van der Waals surface area contributed by atoms with Crippen LogP contribution in [-0.2, 0) is 11.2 Å². The minimum Gasteiger partial charge on any atom is -0.497 e. The summed E-state index contributed by atoms with van der Waals surface area (Å²) in [4.78, 5) is 14.3. The SMILES string of the molecule is COc1ccc(CCCN2C(=O)CCC2n2nnc3ccccc32)cc1. The van der Waals surface area contributed by atoms with Gasteiger partial charge >= 0.3 is 0 Å². The maximum absolute atomic E-state index is 12.4. The van der Waals surface area contributed by atoms with E-state index in [9.17, 15) is 4.79 Å². The predicted octanol–water partition coefficient (Wildman–Crippen LogP) is 3.19. The molecule has 6 nitrogen and oxygen atoms in total. The number of aryl methyl sites for hydroxylation is 1. The molecule has 2 heterocycles. The molecule has 4 rings (SSSR count). The highest BCUT2D eigenvalue weighted by Crippen LogP contribution is 2.30. The minimum atomic E-state index is -0.0363. The van der Waals surface area contributed by atoms with Crippen LogP contribution in [0.2, 0.25) is 0 Å². The van der Waals surface area contributed by atoms with Gasteiger partial charge in [-0.15, -0.1) is 5.10 Å². The van der Waals surface area contributed by atoms with Crippen molar-refractivity contribution in [1.29, 1.82) is 0 Å². The van der Waals surface area contributed by atoms with Gasteiger partial charge in [-0.3, -0.25) is 4.79 Å². The van der Waals surface area contributed by atoms with E-state index in [4.69, 9.17) is 4.74 Å². The molecule has 3 aromatic rings. The molecular weight excluding hydrogens is 328 g/mol. The fraction of sp³-hybridized carbons (Fsp3) is 0.350. The van der Waals surface area contributed by atoms with E-state index in [1.807, 2.05) is 46.0 Å². The summed E-state index contributed by atoms with van der Waals surface area (Å²) in [5, 5.41) is 8.54. The van der Waals surface area contributed by atoms with Gasteiger partial charge in [-0.25, -0.2) is 4.68 Å². The number of methoxy groups -OCH3 is 1. The summed E-state index contributed by atoms with van der Waals surface area (Å²) >= 11 is 0. The van der Waals surface area contributed by atoms with E-state index in [0.717, 1.165) is 42.6 Å². The fourth-order valence-electron chi connectivity index (χ4n) is 3.60. The molecule has 1 aliphatic heterocycles. The van der Waals surface area contributed by atoms with Gasteiger partial charge in [0.1, 0.15) is 17.4 Å². The summed E-state index contributed by atoms with van der Waals surface area (Å²) in [6.07, 6.45) is 3.17. The lowest BCUT2D eigenvalue weighted by atomic mass is 10.1. The molecule has 0 saturated carbocycles. The number of nitrogens with zero attached hydrogens (tertiary/aromatic N) is 4. The van der Waals surface area contributed by atoms with Crippen LogP contribution in [0.3, 0.4) is 0 Å². The van der Waals surface area contributed by atoms with Crippen LogP contribution in [-0.4, -0.2) is 39.5 Å². The van der Waals surface area contributed by atoms with Crippen LogP contribution in [0.4, 0.5) is 0 Å². The predicted molar refractivity (Wildman–Crippen MR) is 98.8 cm³/mol. The largest absolute Gasteiger partial charge is 0.497 e. The summed E-state index contributed by atoms with van der Waals surface area (Å²) < 4.78 is 7.09. The zero-order valence-electron chi connectivity index (χ0n) is 14.8. The average molecular weight is 350 g/mol. The molecular formula is C20H22N4O2. The number of para-hydroxylation sites is 1. The second-order valence-electron chi connectivity index (χ2n) is 6.58. The second-order valence-corrected chi connectivity index (χ2v) is 6.58. The fourth-order valence-corrected chi connectivity index (χ4v) is 3.60. The summed E-state index contributed by atoms with van der Waals surface area (Å²) in [7, 11) is 1.67. The van der Waals surface area contributed by atoms with Crippen molar-refractivity contribution in [1.82, 2.24) is 19.9 Å². The van der Waals surface area contributed by atoms with Crippen LogP contribution in [0.1, 0.15) is 31.0 Å². The van der Waals surface area contributed by atoms with Crippen LogP contribution in [0.15, 0.2) is 48.5 Å². The molecule has 0 N–H and O–H groups in total. The number of carbonyl (C=O) groups excluding carboxylic acids is 1. The van der Waals surface area contributed by atoms with Crippen LogP contribution in [0.25, 0.3) is 11.0 Å². The lowest BCUT2D eigenvalue weighted by Gasteiger charge is -2.25. The van der Waals surface area contributed by atoms with E-state index in [2.05, 4.69) is 22.4 Å². The highest BCUT2D eigenvalue weighted by molar-refractivity contribution is 5.79. The third-order valence-electron chi connectivity index (χ3n) is 4.98. The Balaban J connectivity index is 1.44. The number of aromatic nitrogens is 3. The van der Waals surface area contributed by atoms with Crippen molar-refractivity contribution in [3.05, 3.63) is 54.1 Å². The molecule has 1 saturated heterocycles. The van der Waals surface area contributed by atoms with Gasteiger partial charge in [0.05, 0.1) is 12.6 Å². The number of hydrogen-bond donors (Lipinski definition) is 0. The molecule has 1 amide bonds. The van der Waals surface area contributed by atoms with Gasteiger partial charge in [0.2, 0.25) is 5.91 Å². The van der Waals surface area contributed by atoms with Gasteiger partial charge in [-0.1, -0.05) is 29.5 Å². The first-order valence-electron chi connectivity index (χ1n) is 8.98. The monoisotopic (exact) mass is 350 g/mol. The Morgan fingerprint density at radius 2 is 1.96 bits per heavy atom. The Morgan fingerprint density at radius 3 is 2.77 bits per heavy atom. The average Bonchev–Trinajstić information content (AvgIpc) is 3.26. The summed E-state index contributed by atoms with van der Waals surface area (Å²) in [5.41, 5.74) is 3.09. The summed E-state index contributed by atoms with van der Waals surface area (Å²) in [6.45, 7) is 0.726. The first-order valence-corrected chi connectivity index (χ1v) is 8.98. The molecule has 0 spiro atoms. The molecule has 1 fully saturated rings. The molecule has 1 aromatic heterocycles. The van der Waals surface area contributed by atoms with Crippen LogP contribution >= 0.6 is 0 Å². The van der Waals surface area contributed by atoms with E-state index in [-0.39, 0.29) is 12.1 Å². The number of rotatable bonds is 6. The topological polar surface area (TPSA) is 60.2 Å². The van der Waals surface area contributed by atoms with Crippen molar-refractivity contribution in [2.24, 2.45) is 0 Å². The number of carbonyl (C=O) groups is 1. The van der Waals surface area contributed by atoms with Crippen molar-refractivity contribution in [3.8, 4) is 5.75 Å². The Bertz CT molecular complexity index is 904. The maximum Gasteiger partial charge on any atom is 0.224 e. The van der Waals surface area contributed by atoms with Crippen molar-refractivity contribution in [3.63, 3.8) is 0 Å². The Kier molecular flexibility index (Phi) is 4.56. The first kappa shape index (κ1) is 16.6. The lowest BCUT2D eigenvalue weighted by molar-refractivity contribution is -0.130. The van der Waals surface area contributed by atoms with Gasteiger partial charge in [0.25, 0.3) is 0 Å². The highest BCUT2D eigenvalue weighted by atomic mass is 16.5. The number of amides is 1. The highest BCUT2D eigenvalue weighted by Gasteiger charge is 2.33. The molecule has 134 valence electrons. The molecule has 0 bridgehead atoms. The second kappa shape index (κ2) is 7.15. The molecule has 2 aromatic carbocycles. The Hall–Kier alpha value is -2.89. The van der Waals surface area contributed by atoms with E-state index in [0.29, 0.717) is 6.42 Å². The van der Waals surface area contributed by atoms with Crippen molar-refractivity contribution in [2.75, 3.05) is 13.7 Å². The molecule has 1 unspecified atom stereocenters. The first-order chi connectivity index (χ1) is 12.8. The quantitative estimate of drug-likeness (QED) is 0.685. The van der Waals surface area contributed by atoms with E-state index in [1.54, 1.807) is 7.11 Å². The smallest absolute Gasteiger partial charge is 0.224 e. The molecule has 1 atom stereocenters. The number of likely N-dealkylation sites (tertiary alicyclic amines) is 1. The summed E-state index contributed by atoms with van der Waals surface area (Å²) in [6, 6.07) is 16.0. The number of hydrogen-bond acceptors (Lipinski definition) is 4. The minimum absolute atomic E-state index is 0.0363. The van der Waals surface area contributed by atoms with E-state index in [1.165, 1.54) is 5.56 Å². The zero-order chi connectivity index (χ0) is 17.9. The lowest BCUT2D eigenvalue weighted by Crippen LogP contribution is -2.32. The van der Waals surface area contributed by atoms with E-state index >= 15 is 0 Å². The zero-order valence-corrected chi connectivity index (χ0v) is 14.8. The molecule has 0 aliphatic carbocycles.